The summed E-state index contributed by atoms with van der Waals surface area (Å²) in [6.45, 7) is 2.41. The Morgan fingerprint density at radius 2 is 1.53 bits per heavy atom. The summed E-state index contributed by atoms with van der Waals surface area (Å²) in [5, 5.41) is 12.4. The summed E-state index contributed by atoms with van der Waals surface area (Å²) in [7, 11) is 0. The normalized spacial score (nSPS) is 22.3. The van der Waals surface area contributed by atoms with Crippen LogP contribution in [0.3, 0.4) is 0 Å². The number of urea groups is 1. The molecular formula is C21H40N5O3S+. The lowest BCUT2D eigenvalue weighted by Crippen LogP contribution is -2.50. The number of rotatable bonds is 16. The molecule has 0 bridgehead atoms. The molecule has 3 unspecified atom stereocenters. The van der Waals surface area contributed by atoms with Crippen LogP contribution in [0.1, 0.15) is 70.6 Å². The fourth-order valence-electron chi connectivity index (χ4n) is 3.97. The van der Waals surface area contributed by atoms with Gasteiger partial charge in [-0.25, -0.2) is 4.79 Å². The smallest absolute Gasteiger partial charge is 0.315 e. The summed E-state index contributed by atoms with van der Waals surface area (Å²) in [5.74, 6) is 1.23. The summed E-state index contributed by atoms with van der Waals surface area (Å²) in [6, 6.07) is 0.470. The van der Waals surface area contributed by atoms with E-state index in [1.807, 2.05) is 11.8 Å². The molecule has 2 heterocycles. The summed E-state index contributed by atoms with van der Waals surface area (Å²) in [6.07, 6.45) is 10.1. The van der Waals surface area contributed by atoms with Crippen molar-refractivity contribution in [2.24, 2.45) is 0 Å². The molecule has 2 saturated heterocycles. The highest BCUT2D eigenvalue weighted by Gasteiger charge is 2.42. The Labute approximate surface area is 184 Å². The number of unbranched alkanes of at least 4 members (excludes halogenated alkanes) is 5. The van der Waals surface area contributed by atoms with Crippen LogP contribution in [0.5, 0.6) is 0 Å². The average molecular weight is 443 g/mol. The SMILES string of the molecule is [NH3+]CCCCCNC(=O)CCCCCNC(=O)CCCCC1SCC2NC(=O)NC21. The standard InChI is InChI=1S/C21H39N5O3S/c22-12-6-2-8-14-24-18(27)10-3-1-7-13-23-19(28)11-5-4-9-17-20-16(15-30-17)25-21(29)26-20/h16-17,20H,1-15,22H2,(H,23,28)(H,24,27)(H2,25,26,29)/p+1. The van der Waals surface area contributed by atoms with E-state index in [1.54, 1.807) is 0 Å². The molecule has 0 saturated carbocycles. The van der Waals surface area contributed by atoms with Gasteiger partial charge in [-0.15, -0.1) is 0 Å². The van der Waals surface area contributed by atoms with Gasteiger partial charge in [0.15, 0.2) is 0 Å². The van der Waals surface area contributed by atoms with Crippen molar-refractivity contribution in [2.45, 2.75) is 88.0 Å². The molecule has 0 aromatic heterocycles. The van der Waals surface area contributed by atoms with Crippen LogP contribution in [-0.4, -0.2) is 60.6 Å². The number of nitrogens with one attached hydrogen (secondary N) is 4. The molecule has 7 N–H and O–H groups in total. The van der Waals surface area contributed by atoms with Crippen molar-refractivity contribution in [3.05, 3.63) is 0 Å². The van der Waals surface area contributed by atoms with Gasteiger partial charge < -0.3 is 27.0 Å². The zero-order chi connectivity index (χ0) is 21.6. The minimum atomic E-state index is -0.0457. The number of hydrogen-bond donors (Lipinski definition) is 5. The van der Waals surface area contributed by atoms with E-state index in [1.165, 1.54) is 0 Å². The monoisotopic (exact) mass is 442 g/mol. The zero-order valence-electron chi connectivity index (χ0n) is 18.2. The van der Waals surface area contributed by atoms with Crippen molar-refractivity contribution >= 4 is 29.6 Å². The van der Waals surface area contributed by atoms with Crippen LogP contribution in [0.2, 0.25) is 0 Å². The molecule has 0 aromatic carbocycles. The molecule has 2 aliphatic heterocycles. The number of quaternary nitrogens is 1. The highest BCUT2D eigenvalue weighted by molar-refractivity contribution is 8.00. The van der Waals surface area contributed by atoms with Crippen LogP contribution >= 0.6 is 11.8 Å². The number of thioether (sulfide) groups is 1. The Balaban J connectivity index is 1.36. The third-order valence-electron chi connectivity index (χ3n) is 5.73. The van der Waals surface area contributed by atoms with E-state index < -0.39 is 0 Å². The maximum atomic E-state index is 11.9. The van der Waals surface area contributed by atoms with Gasteiger partial charge in [-0.1, -0.05) is 12.8 Å². The van der Waals surface area contributed by atoms with E-state index in [9.17, 15) is 14.4 Å². The van der Waals surface area contributed by atoms with Gasteiger partial charge in [-0.2, -0.15) is 11.8 Å². The highest BCUT2D eigenvalue weighted by atomic mass is 32.2. The van der Waals surface area contributed by atoms with Gasteiger partial charge in [0.2, 0.25) is 11.8 Å². The number of hydrogen-bond acceptors (Lipinski definition) is 4. The fourth-order valence-corrected chi connectivity index (χ4v) is 5.52. The van der Waals surface area contributed by atoms with Crippen LogP contribution in [0.4, 0.5) is 4.79 Å². The van der Waals surface area contributed by atoms with Crippen molar-refractivity contribution in [2.75, 3.05) is 25.4 Å². The maximum Gasteiger partial charge on any atom is 0.315 e. The van der Waals surface area contributed by atoms with Crippen molar-refractivity contribution in [3.8, 4) is 0 Å². The predicted octanol–water partition coefficient (Wildman–Crippen LogP) is 0.917. The van der Waals surface area contributed by atoms with Crippen molar-refractivity contribution in [3.63, 3.8) is 0 Å². The molecule has 172 valence electrons. The number of carbonyl (C=O) groups excluding carboxylic acids is 3. The maximum absolute atomic E-state index is 11.9. The van der Waals surface area contributed by atoms with E-state index in [0.29, 0.717) is 24.6 Å². The summed E-state index contributed by atoms with van der Waals surface area (Å²) in [5.41, 5.74) is 3.81. The van der Waals surface area contributed by atoms with Gasteiger partial charge in [0, 0.05) is 36.9 Å². The Morgan fingerprint density at radius 1 is 0.900 bits per heavy atom. The first-order valence-electron chi connectivity index (χ1n) is 11.6. The van der Waals surface area contributed by atoms with E-state index in [-0.39, 0.29) is 29.9 Å². The summed E-state index contributed by atoms with van der Waals surface area (Å²) in [4.78, 5) is 35.1. The topological polar surface area (TPSA) is 127 Å². The number of fused-ring (bicyclic) bond motifs is 1. The highest BCUT2D eigenvalue weighted by Crippen LogP contribution is 2.33. The lowest BCUT2D eigenvalue weighted by molar-refractivity contribution is -0.368. The first-order chi connectivity index (χ1) is 14.6. The van der Waals surface area contributed by atoms with Crippen LogP contribution < -0.4 is 27.0 Å². The Bertz CT molecular complexity index is 549. The molecular weight excluding hydrogens is 402 g/mol. The largest absolute Gasteiger partial charge is 0.358 e. The molecule has 30 heavy (non-hydrogen) atoms. The molecule has 0 aliphatic carbocycles. The molecule has 0 aromatic rings. The third-order valence-corrected chi connectivity index (χ3v) is 7.24. The zero-order valence-corrected chi connectivity index (χ0v) is 19.0. The Hall–Kier alpha value is -1.48. The lowest BCUT2D eigenvalue weighted by Gasteiger charge is -2.16. The second-order valence-electron chi connectivity index (χ2n) is 8.29. The van der Waals surface area contributed by atoms with Crippen LogP contribution in [0.15, 0.2) is 0 Å². The molecule has 8 nitrogen and oxygen atoms in total. The summed E-state index contributed by atoms with van der Waals surface area (Å²) < 4.78 is 0. The molecule has 2 rings (SSSR count). The van der Waals surface area contributed by atoms with Crippen LogP contribution in [0.25, 0.3) is 0 Å². The first-order valence-corrected chi connectivity index (χ1v) is 12.7. The van der Waals surface area contributed by atoms with Gasteiger partial charge in [0.05, 0.1) is 18.6 Å². The van der Waals surface area contributed by atoms with Gasteiger partial charge in [0.1, 0.15) is 0 Å². The van der Waals surface area contributed by atoms with Gasteiger partial charge >= 0.3 is 6.03 Å². The minimum Gasteiger partial charge on any atom is -0.358 e. The Kier molecular flexibility index (Phi) is 12.0. The van der Waals surface area contributed by atoms with Gasteiger partial charge in [-0.3, -0.25) is 9.59 Å². The second kappa shape index (κ2) is 14.5. The van der Waals surface area contributed by atoms with E-state index in [4.69, 9.17) is 0 Å². The molecule has 3 atom stereocenters. The van der Waals surface area contributed by atoms with Crippen molar-refractivity contribution in [1.29, 1.82) is 0 Å². The third kappa shape index (κ3) is 9.55. The number of amides is 4. The minimum absolute atomic E-state index is 0.0457. The van der Waals surface area contributed by atoms with Gasteiger partial charge in [-0.05, 0) is 44.9 Å². The van der Waals surface area contributed by atoms with Crippen molar-refractivity contribution in [1.82, 2.24) is 21.3 Å². The lowest BCUT2D eigenvalue weighted by atomic mass is 10.0. The van der Waals surface area contributed by atoms with Crippen LogP contribution in [0, 0.1) is 0 Å². The first kappa shape index (κ1) is 24.8. The molecule has 2 fully saturated rings. The quantitative estimate of drug-likeness (QED) is 0.180. The van der Waals surface area contributed by atoms with Gasteiger partial charge in [0.25, 0.3) is 0 Å². The molecule has 2 aliphatic rings. The Morgan fingerprint density at radius 3 is 2.20 bits per heavy atom. The van der Waals surface area contributed by atoms with Crippen LogP contribution in [-0.2, 0) is 9.59 Å². The van der Waals surface area contributed by atoms with E-state index in [2.05, 4.69) is 27.0 Å². The molecule has 4 amide bonds. The molecule has 9 heteroatoms. The number of carbonyl (C=O) groups is 3. The van der Waals surface area contributed by atoms with E-state index >= 15 is 0 Å². The molecule has 0 spiro atoms. The van der Waals surface area contributed by atoms with Crippen molar-refractivity contribution < 1.29 is 20.1 Å². The second-order valence-corrected chi connectivity index (χ2v) is 9.56. The fraction of sp³-hybridized carbons (Fsp3) is 0.857. The van der Waals surface area contributed by atoms with E-state index in [0.717, 1.165) is 76.6 Å². The summed E-state index contributed by atoms with van der Waals surface area (Å²) >= 11 is 1.92. The average Bonchev–Trinajstić information content (AvgIpc) is 3.27. The molecule has 0 radical (unpaired) electrons. The predicted molar refractivity (Wildman–Crippen MR) is 120 cm³/mol.